The Labute approximate surface area is 340 Å². The van der Waals surface area contributed by atoms with Crippen LogP contribution in [0.4, 0.5) is 5.69 Å². The summed E-state index contributed by atoms with van der Waals surface area (Å²) in [7, 11) is 1.45. The minimum Gasteiger partial charge on any atom is -0.507 e. The van der Waals surface area contributed by atoms with Gasteiger partial charge in [-0.05, 0) is 45.2 Å². The van der Waals surface area contributed by atoms with Crippen molar-refractivity contribution in [1.82, 2.24) is 4.90 Å². The van der Waals surface area contributed by atoms with E-state index in [4.69, 9.17) is 18.9 Å². The number of amides is 1. The summed E-state index contributed by atoms with van der Waals surface area (Å²) in [6.45, 7) is 16.3. The van der Waals surface area contributed by atoms with E-state index < -0.39 is 88.8 Å². The summed E-state index contributed by atoms with van der Waals surface area (Å²) < 4.78 is 23.7. The fourth-order valence-corrected chi connectivity index (χ4v) is 8.59. The zero-order valence-corrected chi connectivity index (χ0v) is 35.2. The molecule has 0 aliphatic carbocycles. The molecule has 6 N–H and O–H groups in total. The highest BCUT2D eigenvalue weighted by atomic mass is 16.7. The summed E-state index contributed by atoms with van der Waals surface area (Å²) in [4.78, 5) is 42.7. The standard InChI is InChI=1S/C44H60N2O12/c1-21-13-12-17-46(19-21)20-29-34-39(52)32-31(38(29)51)33-41(27(7)37(32)50)58-44(9,42(33)53)56-18-16-30(55-10)24(4)40(57-28(8)47)26(6)36(49)25(5)35(48)22(2)14-11-15-23(3)43(54)45-34/h11,14-16,18,21-22,24-26,30,35-36,40,48-52H,12-13,17,19-20H2,1-10H3,(H,45,54)/b14-11+,18-16+,23-15-. The number of hydrogen-bond acceptors (Lipinski definition) is 13. The normalized spacial score (nSPS) is 33.5. The fraction of sp³-hybridized carbons (Fsp3) is 0.568. The van der Waals surface area contributed by atoms with Gasteiger partial charge in [0, 0.05) is 79.8 Å². The lowest BCUT2D eigenvalue weighted by atomic mass is 9.78. The number of phenolic OH excluding ortho intramolecular Hbond substituents is 3. The quantitative estimate of drug-likeness (QED) is 0.120. The first-order chi connectivity index (χ1) is 27.2. The lowest BCUT2D eigenvalue weighted by Gasteiger charge is -2.38. The summed E-state index contributed by atoms with van der Waals surface area (Å²) >= 11 is 0. The third kappa shape index (κ3) is 8.56. The van der Waals surface area contributed by atoms with E-state index in [2.05, 4.69) is 17.1 Å². The van der Waals surface area contributed by atoms with Crippen LogP contribution in [0.5, 0.6) is 23.0 Å². The van der Waals surface area contributed by atoms with Crippen LogP contribution in [0.2, 0.25) is 0 Å². The van der Waals surface area contributed by atoms with Crippen LogP contribution >= 0.6 is 0 Å². The number of Topliss-reactive ketones (excluding diaryl/α,β-unsaturated/α-hetero) is 1. The second-order valence-electron chi connectivity index (χ2n) is 16.7. The lowest BCUT2D eigenvalue weighted by Crippen LogP contribution is -2.46. The molecule has 1 amide bonds. The highest BCUT2D eigenvalue weighted by Crippen LogP contribution is 2.55. The lowest BCUT2D eigenvalue weighted by molar-refractivity contribution is -0.160. The van der Waals surface area contributed by atoms with Crippen molar-refractivity contribution in [2.24, 2.45) is 29.6 Å². The van der Waals surface area contributed by atoms with Crippen LogP contribution in [-0.4, -0.2) is 98.5 Å². The number of aliphatic hydroxyl groups is 2. The fourth-order valence-electron chi connectivity index (χ4n) is 8.59. The number of ketones is 1. The van der Waals surface area contributed by atoms with Gasteiger partial charge in [-0.25, -0.2) is 0 Å². The van der Waals surface area contributed by atoms with E-state index in [-0.39, 0.29) is 51.0 Å². The molecule has 1 fully saturated rings. The average molecular weight is 809 g/mol. The molecule has 4 aliphatic rings. The molecule has 2 aromatic rings. The van der Waals surface area contributed by atoms with E-state index in [0.29, 0.717) is 19.0 Å². The van der Waals surface area contributed by atoms with Gasteiger partial charge in [0.05, 0.1) is 41.2 Å². The van der Waals surface area contributed by atoms with Crippen LogP contribution < -0.4 is 10.1 Å². The van der Waals surface area contributed by atoms with Gasteiger partial charge in [-0.1, -0.05) is 52.8 Å². The molecule has 1 saturated heterocycles. The predicted molar refractivity (Wildman–Crippen MR) is 217 cm³/mol. The van der Waals surface area contributed by atoms with E-state index in [1.54, 1.807) is 46.8 Å². The number of carbonyl (C=O) groups excluding carboxylic acids is 3. The van der Waals surface area contributed by atoms with Crippen molar-refractivity contribution in [3.05, 3.63) is 52.8 Å². The molecular formula is C44H60N2O12. The Bertz CT molecular complexity index is 2010. The predicted octanol–water partition coefficient (Wildman–Crippen LogP) is 5.99. The van der Waals surface area contributed by atoms with Crippen molar-refractivity contribution >= 4 is 34.1 Å². The molecule has 14 heteroatoms. The molecule has 10 unspecified atom stereocenters. The zero-order chi connectivity index (χ0) is 43.0. The van der Waals surface area contributed by atoms with Crippen molar-refractivity contribution in [2.45, 2.75) is 112 Å². The SMILES string of the molecule is COC1/C=C/OC2(C)Oc3c(C)c(O)c4c(O)c(c(CN5CCCC(C)C5)c(O)c4c3C2=O)NC(=O)/C(C)=C\C=C\C(C)C(O)C(C)C(O)C(C)C(OC(C)=O)C1C. The third-order valence-electron chi connectivity index (χ3n) is 12.2. The molecule has 4 aliphatic heterocycles. The number of hydrogen-bond donors (Lipinski definition) is 6. The number of aliphatic hydroxyl groups excluding tert-OH is 2. The van der Waals surface area contributed by atoms with Gasteiger partial charge in [-0.3, -0.25) is 19.3 Å². The monoisotopic (exact) mass is 808 g/mol. The summed E-state index contributed by atoms with van der Waals surface area (Å²) in [5, 5.41) is 61.0. The molecule has 0 spiro atoms. The van der Waals surface area contributed by atoms with Gasteiger partial charge in [0.25, 0.3) is 11.7 Å². The molecule has 0 radical (unpaired) electrons. The highest BCUT2D eigenvalue weighted by molar-refractivity contribution is 6.22. The summed E-state index contributed by atoms with van der Waals surface area (Å²) in [5.41, 5.74) is 0.228. The van der Waals surface area contributed by atoms with E-state index >= 15 is 0 Å². The number of ether oxygens (including phenoxy) is 4. The van der Waals surface area contributed by atoms with Gasteiger partial charge >= 0.3 is 11.8 Å². The topological polar surface area (TPSA) is 205 Å². The number of likely N-dealkylation sites (tertiary alicyclic amines) is 1. The number of carbonyl (C=O) groups is 3. The number of piperidine rings is 1. The van der Waals surface area contributed by atoms with Crippen molar-refractivity contribution in [3.8, 4) is 23.0 Å². The van der Waals surface area contributed by atoms with Crippen molar-refractivity contribution in [2.75, 3.05) is 25.5 Å². The average Bonchev–Trinajstić information content (AvgIpc) is 3.44. The number of benzene rings is 2. The number of nitrogens with zero attached hydrogens (tertiary/aromatic N) is 1. The first kappa shape index (κ1) is 44.5. The molecule has 58 heavy (non-hydrogen) atoms. The number of methoxy groups -OCH3 is 1. The van der Waals surface area contributed by atoms with Crippen molar-refractivity contribution in [1.29, 1.82) is 0 Å². The Morgan fingerprint density at radius 3 is 2.29 bits per heavy atom. The maximum Gasteiger partial charge on any atom is 0.312 e. The van der Waals surface area contributed by atoms with Crippen molar-refractivity contribution < 1.29 is 58.9 Å². The number of phenols is 3. The Balaban J connectivity index is 1.70. The number of rotatable bonds is 4. The smallest absolute Gasteiger partial charge is 0.312 e. The maximum absolute atomic E-state index is 14.5. The van der Waals surface area contributed by atoms with Crippen LogP contribution in [-0.2, 0) is 30.3 Å². The van der Waals surface area contributed by atoms with Crippen LogP contribution in [0.3, 0.4) is 0 Å². The molecule has 318 valence electrons. The molecule has 10 atom stereocenters. The number of nitrogens with one attached hydrogen (secondary N) is 1. The van der Waals surface area contributed by atoms with Gasteiger partial charge in [0.2, 0.25) is 0 Å². The van der Waals surface area contributed by atoms with E-state index in [9.17, 15) is 39.9 Å². The summed E-state index contributed by atoms with van der Waals surface area (Å²) in [6, 6.07) is 0. The number of allylic oxidation sites excluding steroid dienone is 2. The molecule has 5 bridgehead atoms. The molecule has 0 aromatic heterocycles. The van der Waals surface area contributed by atoms with Crippen LogP contribution in [0.15, 0.2) is 36.1 Å². The first-order valence-corrected chi connectivity index (χ1v) is 20.0. The van der Waals surface area contributed by atoms with Gasteiger partial charge in [0.1, 0.15) is 23.4 Å². The molecule has 6 rings (SSSR count). The second kappa shape index (κ2) is 17.7. The van der Waals surface area contributed by atoms with Crippen LogP contribution in [0, 0.1) is 36.5 Å². The van der Waals surface area contributed by atoms with Gasteiger partial charge in [-0.2, -0.15) is 0 Å². The minimum absolute atomic E-state index is 0.0500. The van der Waals surface area contributed by atoms with E-state index in [1.807, 2.05) is 0 Å². The van der Waals surface area contributed by atoms with Gasteiger partial charge in [-0.15, -0.1) is 0 Å². The molecule has 4 heterocycles. The first-order valence-electron chi connectivity index (χ1n) is 20.0. The number of fused-ring (bicyclic) bond motifs is 14. The van der Waals surface area contributed by atoms with Gasteiger partial charge < -0.3 is 49.8 Å². The zero-order valence-electron chi connectivity index (χ0n) is 35.2. The largest absolute Gasteiger partial charge is 0.507 e. The van der Waals surface area contributed by atoms with E-state index in [1.165, 1.54) is 46.3 Å². The number of anilines is 1. The van der Waals surface area contributed by atoms with E-state index in [0.717, 1.165) is 12.8 Å². The van der Waals surface area contributed by atoms with Crippen molar-refractivity contribution in [3.63, 3.8) is 0 Å². The maximum atomic E-state index is 14.5. The molecule has 2 aromatic carbocycles. The molecule has 0 saturated carbocycles. The van der Waals surface area contributed by atoms with Gasteiger partial charge in [0.15, 0.2) is 5.75 Å². The molecule has 14 nitrogen and oxygen atoms in total. The summed E-state index contributed by atoms with van der Waals surface area (Å²) in [6.07, 6.45) is 5.69. The summed E-state index contributed by atoms with van der Waals surface area (Å²) in [5.74, 6) is -7.44. The number of esters is 1. The molecular weight excluding hydrogens is 748 g/mol. The second-order valence-corrected chi connectivity index (χ2v) is 16.7. The van der Waals surface area contributed by atoms with Crippen LogP contribution in [0.25, 0.3) is 10.8 Å². The Morgan fingerprint density at radius 2 is 1.66 bits per heavy atom. The Hall–Kier alpha value is -4.63. The Kier molecular flexibility index (Phi) is 13.6. The highest BCUT2D eigenvalue weighted by Gasteiger charge is 2.50. The number of aromatic hydroxyl groups is 3. The minimum atomic E-state index is -2.01. The Morgan fingerprint density at radius 1 is 0.966 bits per heavy atom. The third-order valence-corrected chi connectivity index (χ3v) is 12.2. The van der Waals surface area contributed by atoms with Crippen LogP contribution in [0.1, 0.15) is 89.7 Å².